The lowest BCUT2D eigenvalue weighted by Crippen LogP contribution is -2.33. The fraction of sp³-hybridized carbons (Fsp3) is 0.333. The molecule has 0 atom stereocenters. The van der Waals surface area contributed by atoms with E-state index in [1.807, 2.05) is 0 Å². The van der Waals surface area contributed by atoms with Crippen LogP contribution < -0.4 is 19.9 Å². The van der Waals surface area contributed by atoms with Crippen LogP contribution in [0.5, 0.6) is 5.75 Å². The molecule has 1 aromatic carbocycles. The van der Waals surface area contributed by atoms with E-state index in [1.54, 1.807) is 31.4 Å². The standard InChI is InChI=1S/C9H15N3O3S/c1-15-9-4-2-8(3-5-9)12-16(13,14)11-7-6-10/h2-5,11-12H,6-7,10H2,1H3. The Morgan fingerprint density at radius 1 is 1.31 bits per heavy atom. The minimum Gasteiger partial charge on any atom is -0.497 e. The number of anilines is 1. The topological polar surface area (TPSA) is 93.4 Å². The van der Waals surface area contributed by atoms with Gasteiger partial charge in [0.2, 0.25) is 0 Å². The van der Waals surface area contributed by atoms with E-state index in [1.165, 1.54) is 0 Å². The van der Waals surface area contributed by atoms with Gasteiger partial charge in [0, 0.05) is 18.8 Å². The van der Waals surface area contributed by atoms with Gasteiger partial charge in [-0.05, 0) is 24.3 Å². The van der Waals surface area contributed by atoms with Crippen LogP contribution in [-0.2, 0) is 10.2 Å². The summed E-state index contributed by atoms with van der Waals surface area (Å²) in [4.78, 5) is 0. The van der Waals surface area contributed by atoms with E-state index >= 15 is 0 Å². The summed E-state index contributed by atoms with van der Waals surface area (Å²) in [6.07, 6.45) is 0. The summed E-state index contributed by atoms with van der Waals surface area (Å²) in [5.41, 5.74) is 5.66. The maximum absolute atomic E-state index is 11.4. The Hall–Kier alpha value is -1.31. The van der Waals surface area contributed by atoms with E-state index in [-0.39, 0.29) is 13.1 Å². The monoisotopic (exact) mass is 245 g/mol. The Balaban J connectivity index is 2.65. The van der Waals surface area contributed by atoms with E-state index < -0.39 is 10.2 Å². The van der Waals surface area contributed by atoms with E-state index in [9.17, 15) is 8.42 Å². The van der Waals surface area contributed by atoms with Crippen LogP contribution in [0.3, 0.4) is 0 Å². The van der Waals surface area contributed by atoms with E-state index in [0.717, 1.165) is 0 Å². The highest BCUT2D eigenvalue weighted by Gasteiger charge is 2.07. The highest BCUT2D eigenvalue weighted by Crippen LogP contribution is 2.15. The lowest BCUT2D eigenvalue weighted by Gasteiger charge is -2.08. The quantitative estimate of drug-likeness (QED) is 0.652. The zero-order valence-electron chi connectivity index (χ0n) is 8.93. The van der Waals surface area contributed by atoms with Gasteiger partial charge in [-0.25, -0.2) is 0 Å². The van der Waals surface area contributed by atoms with Gasteiger partial charge in [-0.15, -0.1) is 0 Å². The second kappa shape index (κ2) is 5.69. The van der Waals surface area contributed by atoms with Crippen molar-refractivity contribution in [3.63, 3.8) is 0 Å². The largest absolute Gasteiger partial charge is 0.497 e. The van der Waals surface area contributed by atoms with Crippen LogP contribution in [0.25, 0.3) is 0 Å². The third kappa shape index (κ3) is 4.05. The van der Waals surface area contributed by atoms with Crippen molar-refractivity contribution in [1.82, 2.24) is 4.72 Å². The summed E-state index contributed by atoms with van der Waals surface area (Å²) in [6.45, 7) is 0.453. The molecular weight excluding hydrogens is 230 g/mol. The fourth-order valence-corrected chi connectivity index (χ4v) is 1.95. The summed E-state index contributed by atoms with van der Waals surface area (Å²) >= 11 is 0. The smallest absolute Gasteiger partial charge is 0.299 e. The SMILES string of the molecule is COc1ccc(NS(=O)(=O)NCCN)cc1. The van der Waals surface area contributed by atoms with Gasteiger partial charge in [-0.2, -0.15) is 13.1 Å². The second-order valence-electron chi connectivity index (χ2n) is 3.02. The molecule has 1 rings (SSSR count). The first-order chi connectivity index (χ1) is 7.57. The molecule has 0 aromatic heterocycles. The molecule has 6 nitrogen and oxygen atoms in total. The molecule has 0 bridgehead atoms. The van der Waals surface area contributed by atoms with E-state index in [4.69, 9.17) is 10.5 Å². The number of methoxy groups -OCH3 is 1. The highest BCUT2D eigenvalue weighted by molar-refractivity contribution is 7.90. The second-order valence-corrected chi connectivity index (χ2v) is 4.52. The maximum Gasteiger partial charge on any atom is 0.299 e. The summed E-state index contributed by atoms with van der Waals surface area (Å²) in [6, 6.07) is 6.56. The summed E-state index contributed by atoms with van der Waals surface area (Å²) in [7, 11) is -1.99. The van der Waals surface area contributed by atoms with E-state index in [2.05, 4.69) is 9.44 Å². The Morgan fingerprint density at radius 2 is 1.94 bits per heavy atom. The van der Waals surface area contributed by atoms with Gasteiger partial charge in [0.25, 0.3) is 10.2 Å². The predicted molar refractivity (Wildman–Crippen MR) is 62.6 cm³/mol. The van der Waals surface area contributed by atoms with Crippen molar-refractivity contribution in [3.8, 4) is 5.75 Å². The number of hydrogen-bond acceptors (Lipinski definition) is 4. The average Bonchev–Trinajstić information content (AvgIpc) is 2.27. The van der Waals surface area contributed by atoms with Gasteiger partial charge in [0.15, 0.2) is 0 Å². The Morgan fingerprint density at radius 3 is 2.44 bits per heavy atom. The highest BCUT2D eigenvalue weighted by atomic mass is 32.2. The molecule has 16 heavy (non-hydrogen) atoms. The zero-order chi connectivity index (χ0) is 12.0. The van der Waals surface area contributed by atoms with Crippen molar-refractivity contribution in [1.29, 1.82) is 0 Å². The van der Waals surface area contributed by atoms with Crippen LogP contribution in [-0.4, -0.2) is 28.6 Å². The van der Waals surface area contributed by atoms with Crippen LogP contribution in [0, 0.1) is 0 Å². The van der Waals surface area contributed by atoms with Crippen molar-refractivity contribution in [3.05, 3.63) is 24.3 Å². The molecular formula is C9H15N3O3S. The maximum atomic E-state index is 11.4. The lowest BCUT2D eigenvalue weighted by atomic mass is 10.3. The molecule has 0 saturated carbocycles. The molecule has 1 aromatic rings. The number of rotatable bonds is 6. The molecule has 0 aliphatic rings. The van der Waals surface area contributed by atoms with Gasteiger partial charge in [0.1, 0.15) is 5.75 Å². The fourth-order valence-electron chi connectivity index (χ4n) is 1.04. The molecule has 0 saturated heterocycles. The third-order valence-electron chi connectivity index (χ3n) is 1.78. The third-order valence-corrected chi connectivity index (χ3v) is 2.87. The molecule has 7 heteroatoms. The van der Waals surface area contributed by atoms with Crippen LogP contribution in [0.15, 0.2) is 24.3 Å². The first kappa shape index (κ1) is 12.8. The van der Waals surface area contributed by atoms with Gasteiger partial charge in [-0.3, -0.25) is 4.72 Å². The first-order valence-corrected chi connectivity index (χ1v) is 6.17. The normalized spacial score (nSPS) is 11.1. The van der Waals surface area contributed by atoms with Crippen LogP contribution in [0.2, 0.25) is 0 Å². The molecule has 0 aliphatic heterocycles. The predicted octanol–water partition coefficient (Wildman–Crippen LogP) is -0.0998. The molecule has 0 heterocycles. The summed E-state index contributed by atoms with van der Waals surface area (Å²) in [5.74, 6) is 0.665. The summed E-state index contributed by atoms with van der Waals surface area (Å²) < 4.78 is 32.4. The molecule has 0 fully saturated rings. The van der Waals surface area contributed by atoms with Crippen molar-refractivity contribution in [2.24, 2.45) is 5.73 Å². The number of hydrogen-bond donors (Lipinski definition) is 3. The van der Waals surface area contributed by atoms with Crippen molar-refractivity contribution in [2.45, 2.75) is 0 Å². The minimum absolute atomic E-state index is 0.200. The number of nitrogens with one attached hydrogen (secondary N) is 2. The first-order valence-electron chi connectivity index (χ1n) is 4.69. The van der Waals surface area contributed by atoms with Gasteiger partial charge in [-0.1, -0.05) is 0 Å². The van der Waals surface area contributed by atoms with Gasteiger partial charge in [0.05, 0.1) is 7.11 Å². The van der Waals surface area contributed by atoms with Crippen molar-refractivity contribution >= 4 is 15.9 Å². The Kier molecular flexibility index (Phi) is 4.53. The Labute approximate surface area is 95.0 Å². The number of benzene rings is 1. The molecule has 4 N–H and O–H groups in total. The Bertz CT molecular complexity index is 416. The van der Waals surface area contributed by atoms with Crippen LogP contribution in [0.4, 0.5) is 5.69 Å². The average molecular weight is 245 g/mol. The van der Waals surface area contributed by atoms with Crippen LogP contribution in [0.1, 0.15) is 0 Å². The lowest BCUT2D eigenvalue weighted by molar-refractivity contribution is 0.415. The molecule has 0 radical (unpaired) electrons. The van der Waals surface area contributed by atoms with Gasteiger partial charge >= 0.3 is 0 Å². The number of ether oxygens (including phenoxy) is 1. The molecule has 90 valence electrons. The van der Waals surface area contributed by atoms with Crippen molar-refractivity contribution < 1.29 is 13.2 Å². The molecule has 0 unspecified atom stereocenters. The zero-order valence-corrected chi connectivity index (χ0v) is 9.75. The molecule has 0 amide bonds. The minimum atomic E-state index is -3.54. The van der Waals surface area contributed by atoms with Crippen LogP contribution >= 0.6 is 0 Å². The molecule has 0 spiro atoms. The molecule has 0 aliphatic carbocycles. The van der Waals surface area contributed by atoms with E-state index in [0.29, 0.717) is 11.4 Å². The van der Waals surface area contributed by atoms with Gasteiger partial charge < -0.3 is 10.5 Å². The number of nitrogens with two attached hydrogens (primary N) is 1. The van der Waals surface area contributed by atoms with Crippen molar-refractivity contribution in [2.75, 3.05) is 24.9 Å². The summed E-state index contributed by atoms with van der Waals surface area (Å²) in [5, 5.41) is 0.